The molecule has 64 valence electrons. The van der Waals surface area contributed by atoms with Gasteiger partial charge in [-0.25, -0.2) is 0 Å². The molecule has 0 atom stereocenters. The van der Waals surface area contributed by atoms with E-state index in [1.54, 1.807) is 0 Å². The van der Waals surface area contributed by atoms with Crippen LogP contribution in [0.25, 0.3) is 0 Å². The lowest BCUT2D eigenvalue weighted by Crippen LogP contribution is -2.25. The molecule has 1 saturated heterocycles. The van der Waals surface area contributed by atoms with Crippen molar-refractivity contribution in [3.63, 3.8) is 0 Å². The third-order valence-corrected chi connectivity index (χ3v) is 1.38. The minimum absolute atomic E-state index is 0.421. The first-order valence-corrected chi connectivity index (χ1v) is 3.78. The number of nitrogens with zero attached hydrogens (tertiary/aromatic N) is 1. The van der Waals surface area contributed by atoms with Crippen LogP contribution >= 0.6 is 0 Å². The van der Waals surface area contributed by atoms with E-state index in [0.29, 0.717) is 19.8 Å². The summed E-state index contributed by atoms with van der Waals surface area (Å²) in [5.74, 6) is 0. The third kappa shape index (κ3) is 3.72. The Morgan fingerprint density at radius 1 is 1.36 bits per heavy atom. The third-order valence-electron chi connectivity index (χ3n) is 1.38. The summed E-state index contributed by atoms with van der Waals surface area (Å²) < 4.78 is 15.4. The van der Waals surface area contributed by atoms with Crippen LogP contribution in [0.2, 0.25) is 0 Å². The summed E-state index contributed by atoms with van der Waals surface area (Å²) in [7, 11) is 3.58. The van der Waals surface area contributed by atoms with Gasteiger partial charge < -0.3 is 18.9 Å². The molecule has 0 aliphatic carbocycles. The SMILES string of the molecule is CN(C)CCOB1OCCO1. The van der Waals surface area contributed by atoms with Gasteiger partial charge >= 0.3 is 7.32 Å². The molecule has 0 spiro atoms. The van der Waals surface area contributed by atoms with Crippen LogP contribution in [-0.2, 0) is 14.0 Å². The van der Waals surface area contributed by atoms with Crippen LogP contribution in [-0.4, -0.2) is 52.7 Å². The van der Waals surface area contributed by atoms with Crippen molar-refractivity contribution in [3.05, 3.63) is 0 Å². The lowest BCUT2D eigenvalue weighted by atomic mass is 10.2. The lowest BCUT2D eigenvalue weighted by Gasteiger charge is -2.10. The van der Waals surface area contributed by atoms with Gasteiger partial charge in [0.1, 0.15) is 0 Å². The molecule has 0 aromatic heterocycles. The van der Waals surface area contributed by atoms with E-state index in [0.717, 1.165) is 6.54 Å². The topological polar surface area (TPSA) is 30.9 Å². The van der Waals surface area contributed by atoms with Crippen molar-refractivity contribution < 1.29 is 14.0 Å². The molecular weight excluding hydrogens is 145 g/mol. The zero-order chi connectivity index (χ0) is 8.10. The Balaban J connectivity index is 1.94. The van der Waals surface area contributed by atoms with Crippen LogP contribution in [0.1, 0.15) is 0 Å². The molecule has 0 aromatic carbocycles. The number of rotatable bonds is 4. The summed E-state index contributed by atoms with van der Waals surface area (Å²) >= 11 is 0. The van der Waals surface area contributed by atoms with E-state index in [9.17, 15) is 0 Å². The predicted molar refractivity (Wildman–Crippen MR) is 42.2 cm³/mol. The molecule has 0 radical (unpaired) electrons. The van der Waals surface area contributed by atoms with E-state index in [4.69, 9.17) is 14.0 Å². The standard InChI is InChI=1S/C6H14BNO3/c1-8(2)3-4-9-7-10-5-6-11-7/h3-6H2,1-2H3. The summed E-state index contributed by atoms with van der Waals surface area (Å²) in [6.07, 6.45) is 0. The Hall–Kier alpha value is -0.0951. The fourth-order valence-corrected chi connectivity index (χ4v) is 0.765. The first-order chi connectivity index (χ1) is 5.29. The minimum atomic E-state index is -0.421. The molecular formula is C6H14BNO3. The number of hydrogen-bond acceptors (Lipinski definition) is 4. The van der Waals surface area contributed by atoms with E-state index >= 15 is 0 Å². The molecule has 1 rings (SSSR count). The van der Waals surface area contributed by atoms with Crippen molar-refractivity contribution in [2.75, 3.05) is 40.5 Å². The van der Waals surface area contributed by atoms with Gasteiger partial charge in [-0.2, -0.15) is 0 Å². The van der Waals surface area contributed by atoms with Gasteiger partial charge in [0.2, 0.25) is 0 Å². The van der Waals surface area contributed by atoms with Gasteiger partial charge in [0.25, 0.3) is 0 Å². The van der Waals surface area contributed by atoms with Crippen molar-refractivity contribution in [1.82, 2.24) is 4.90 Å². The highest BCUT2D eigenvalue weighted by atomic mass is 16.8. The Morgan fingerprint density at radius 2 is 2.00 bits per heavy atom. The molecule has 0 aromatic rings. The molecule has 0 bridgehead atoms. The second kappa shape index (κ2) is 4.72. The fourth-order valence-electron chi connectivity index (χ4n) is 0.765. The molecule has 0 saturated carbocycles. The van der Waals surface area contributed by atoms with Gasteiger partial charge in [0.05, 0.1) is 13.2 Å². The van der Waals surface area contributed by atoms with Crippen molar-refractivity contribution in [3.8, 4) is 0 Å². The smallest absolute Gasteiger partial charge is 0.385 e. The summed E-state index contributed by atoms with van der Waals surface area (Å²) in [6.45, 7) is 2.83. The highest BCUT2D eigenvalue weighted by Crippen LogP contribution is 1.99. The maximum Gasteiger partial charge on any atom is 0.639 e. The number of likely N-dealkylation sites (N-methyl/N-ethyl adjacent to an activating group) is 1. The molecule has 1 aliphatic rings. The van der Waals surface area contributed by atoms with Gasteiger partial charge in [-0.1, -0.05) is 0 Å². The fraction of sp³-hybridized carbons (Fsp3) is 1.00. The van der Waals surface area contributed by atoms with Crippen LogP contribution in [0, 0.1) is 0 Å². The molecule has 11 heavy (non-hydrogen) atoms. The Bertz CT molecular complexity index is 106. The zero-order valence-corrected chi connectivity index (χ0v) is 7.08. The summed E-state index contributed by atoms with van der Waals surface area (Å²) in [6, 6.07) is 0. The van der Waals surface area contributed by atoms with Crippen molar-refractivity contribution >= 4 is 7.32 Å². The van der Waals surface area contributed by atoms with Crippen LogP contribution in [0.5, 0.6) is 0 Å². The average Bonchev–Trinajstić information content (AvgIpc) is 2.39. The van der Waals surface area contributed by atoms with E-state index < -0.39 is 7.32 Å². The molecule has 1 aliphatic heterocycles. The van der Waals surface area contributed by atoms with Crippen LogP contribution in [0.3, 0.4) is 0 Å². The Morgan fingerprint density at radius 3 is 2.55 bits per heavy atom. The molecule has 0 N–H and O–H groups in total. The Kier molecular flexibility index (Phi) is 3.86. The highest BCUT2D eigenvalue weighted by Gasteiger charge is 2.25. The summed E-state index contributed by atoms with van der Waals surface area (Å²) in [5.41, 5.74) is 0. The molecule has 4 nitrogen and oxygen atoms in total. The zero-order valence-electron chi connectivity index (χ0n) is 7.08. The largest absolute Gasteiger partial charge is 0.639 e. The van der Waals surface area contributed by atoms with Gasteiger partial charge in [0, 0.05) is 13.2 Å². The first-order valence-electron chi connectivity index (χ1n) is 3.78. The maximum atomic E-state index is 5.23. The van der Waals surface area contributed by atoms with Crippen molar-refractivity contribution in [2.45, 2.75) is 0 Å². The van der Waals surface area contributed by atoms with Crippen molar-refractivity contribution in [2.24, 2.45) is 0 Å². The van der Waals surface area contributed by atoms with Crippen LogP contribution in [0.4, 0.5) is 0 Å². The normalized spacial score (nSPS) is 18.3. The monoisotopic (exact) mass is 159 g/mol. The first kappa shape index (κ1) is 9.00. The second-order valence-corrected chi connectivity index (χ2v) is 2.70. The molecule has 0 amide bonds. The highest BCUT2D eigenvalue weighted by molar-refractivity contribution is 6.36. The minimum Gasteiger partial charge on any atom is -0.385 e. The van der Waals surface area contributed by atoms with E-state index in [1.165, 1.54) is 0 Å². The summed E-state index contributed by atoms with van der Waals surface area (Å²) in [4.78, 5) is 2.05. The number of hydrogen-bond donors (Lipinski definition) is 0. The predicted octanol–water partition coefficient (Wildman–Crippen LogP) is -0.404. The summed E-state index contributed by atoms with van der Waals surface area (Å²) in [5, 5.41) is 0. The quantitative estimate of drug-likeness (QED) is 0.522. The average molecular weight is 159 g/mol. The van der Waals surface area contributed by atoms with Gasteiger partial charge in [-0.3, -0.25) is 0 Å². The molecule has 1 fully saturated rings. The molecule has 5 heteroatoms. The lowest BCUT2D eigenvalue weighted by molar-refractivity contribution is 0.163. The van der Waals surface area contributed by atoms with Crippen LogP contribution < -0.4 is 0 Å². The van der Waals surface area contributed by atoms with Gasteiger partial charge in [-0.15, -0.1) is 0 Å². The maximum absolute atomic E-state index is 5.23. The second-order valence-electron chi connectivity index (χ2n) is 2.70. The van der Waals surface area contributed by atoms with Crippen LogP contribution in [0.15, 0.2) is 0 Å². The molecule has 0 unspecified atom stereocenters. The van der Waals surface area contributed by atoms with E-state index in [-0.39, 0.29) is 0 Å². The van der Waals surface area contributed by atoms with Gasteiger partial charge in [0.15, 0.2) is 0 Å². The molecule has 1 heterocycles. The van der Waals surface area contributed by atoms with E-state index in [1.807, 2.05) is 14.1 Å². The van der Waals surface area contributed by atoms with Gasteiger partial charge in [-0.05, 0) is 14.1 Å². The van der Waals surface area contributed by atoms with E-state index in [2.05, 4.69) is 4.90 Å². The van der Waals surface area contributed by atoms with Crippen molar-refractivity contribution in [1.29, 1.82) is 0 Å². The Labute approximate surface area is 67.6 Å².